The van der Waals surface area contributed by atoms with E-state index in [1.807, 2.05) is 0 Å². The predicted molar refractivity (Wildman–Crippen MR) is 127 cm³/mol. The lowest BCUT2D eigenvalue weighted by Gasteiger charge is -2.35. The van der Waals surface area contributed by atoms with Crippen LogP contribution in [0.2, 0.25) is 0 Å². The number of fused-ring (bicyclic) bond motifs is 1. The summed E-state index contributed by atoms with van der Waals surface area (Å²) in [4.78, 5) is 41.8. The van der Waals surface area contributed by atoms with E-state index in [1.54, 1.807) is 35.1 Å². The van der Waals surface area contributed by atoms with Crippen molar-refractivity contribution in [3.05, 3.63) is 41.2 Å². The van der Waals surface area contributed by atoms with Crippen molar-refractivity contribution in [2.75, 3.05) is 41.3 Å². The average molecular weight is 470 g/mol. The second kappa shape index (κ2) is 8.35. The highest BCUT2D eigenvalue weighted by Gasteiger charge is 2.28. The molecular weight excluding hydrogens is 448 g/mol. The molecule has 2 amide bonds. The fourth-order valence-electron chi connectivity index (χ4n) is 4.29. The first-order chi connectivity index (χ1) is 17.1. The van der Waals surface area contributed by atoms with Crippen molar-refractivity contribution in [3.8, 4) is 6.07 Å². The summed E-state index contributed by atoms with van der Waals surface area (Å²) in [5.41, 5.74) is 2.16. The molecule has 3 aromatic rings. The molecule has 0 spiro atoms. The van der Waals surface area contributed by atoms with Crippen molar-refractivity contribution in [1.29, 1.82) is 5.26 Å². The Labute approximate surface area is 200 Å². The Bertz CT molecular complexity index is 1410. The normalized spacial score (nSPS) is 19.3. The third-order valence-corrected chi connectivity index (χ3v) is 6.29. The molecule has 35 heavy (non-hydrogen) atoms. The minimum Gasteiger partial charge on any atom is -0.352 e. The molecule has 5 heterocycles. The lowest BCUT2D eigenvalue weighted by atomic mass is 10.1. The molecule has 6 rings (SSSR count). The van der Waals surface area contributed by atoms with Crippen LogP contribution in [-0.2, 0) is 9.59 Å². The summed E-state index contributed by atoms with van der Waals surface area (Å²) >= 11 is 0. The van der Waals surface area contributed by atoms with Crippen LogP contribution in [0.3, 0.4) is 0 Å². The Kier molecular flexibility index (Phi) is 5.02. The molecule has 176 valence electrons. The third kappa shape index (κ3) is 4.01. The Morgan fingerprint density at radius 3 is 2.66 bits per heavy atom. The molecule has 12 heteroatoms. The number of rotatable bonds is 5. The zero-order chi connectivity index (χ0) is 23.9. The van der Waals surface area contributed by atoms with Crippen LogP contribution in [0.1, 0.15) is 30.4 Å². The maximum atomic E-state index is 12.1. The fourth-order valence-corrected chi connectivity index (χ4v) is 4.29. The van der Waals surface area contributed by atoms with Gasteiger partial charge in [-0.2, -0.15) is 24.8 Å². The second-order valence-corrected chi connectivity index (χ2v) is 8.79. The molecule has 2 saturated heterocycles. The van der Waals surface area contributed by atoms with E-state index in [4.69, 9.17) is 9.97 Å². The Morgan fingerprint density at radius 1 is 1.14 bits per heavy atom. The zero-order valence-electron chi connectivity index (χ0n) is 18.8. The van der Waals surface area contributed by atoms with Crippen molar-refractivity contribution < 1.29 is 9.59 Å². The monoisotopic (exact) mass is 470 g/mol. The highest BCUT2D eigenvalue weighted by Crippen LogP contribution is 2.27. The highest BCUT2D eigenvalue weighted by molar-refractivity contribution is 6.15. The minimum atomic E-state index is -0.387. The van der Waals surface area contributed by atoms with Gasteiger partial charge in [0.1, 0.15) is 11.9 Å². The van der Waals surface area contributed by atoms with Gasteiger partial charge in [-0.1, -0.05) is 0 Å². The van der Waals surface area contributed by atoms with E-state index in [0.717, 1.165) is 12.8 Å². The van der Waals surface area contributed by atoms with Gasteiger partial charge in [-0.05, 0) is 31.1 Å². The SMILES string of the molecule is N#Cc1cccnc1N1CCN(c2nc(NC3CC3)n3ncc(/C=C4\CC(=O)NC4=O)c3n2)CC1. The maximum Gasteiger partial charge on any atom is 0.254 e. The number of nitrogens with one attached hydrogen (secondary N) is 2. The van der Waals surface area contributed by atoms with E-state index >= 15 is 0 Å². The van der Waals surface area contributed by atoms with Crippen LogP contribution in [0.5, 0.6) is 0 Å². The molecule has 12 nitrogen and oxygen atoms in total. The number of pyridine rings is 1. The lowest BCUT2D eigenvalue weighted by molar-refractivity contribution is -0.124. The molecule has 3 fully saturated rings. The molecule has 1 aliphatic carbocycles. The first-order valence-electron chi connectivity index (χ1n) is 11.5. The number of hydrogen-bond acceptors (Lipinski definition) is 10. The molecule has 1 saturated carbocycles. The van der Waals surface area contributed by atoms with Crippen molar-refractivity contribution in [1.82, 2.24) is 29.9 Å². The summed E-state index contributed by atoms with van der Waals surface area (Å²) in [5, 5.41) is 19.6. The number of amides is 2. The van der Waals surface area contributed by atoms with Crippen LogP contribution < -0.4 is 20.4 Å². The van der Waals surface area contributed by atoms with E-state index in [2.05, 4.69) is 36.6 Å². The number of piperazine rings is 1. The number of aromatic nitrogens is 5. The van der Waals surface area contributed by atoms with Gasteiger partial charge in [0.05, 0.1) is 18.2 Å². The molecule has 0 aromatic carbocycles. The summed E-state index contributed by atoms with van der Waals surface area (Å²) in [7, 11) is 0. The maximum absolute atomic E-state index is 12.1. The second-order valence-electron chi connectivity index (χ2n) is 8.79. The number of nitrogens with zero attached hydrogens (tertiary/aromatic N) is 8. The molecular formula is C23H22N10O2. The van der Waals surface area contributed by atoms with E-state index in [9.17, 15) is 14.9 Å². The van der Waals surface area contributed by atoms with Gasteiger partial charge >= 0.3 is 0 Å². The van der Waals surface area contributed by atoms with Crippen molar-refractivity contribution >= 4 is 41.3 Å². The smallest absolute Gasteiger partial charge is 0.254 e. The van der Waals surface area contributed by atoms with E-state index in [0.29, 0.717) is 72.3 Å². The number of carbonyl (C=O) groups excluding carboxylic acids is 2. The molecule has 3 aliphatic rings. The van der Waals surface area contributed by atoms with Gasteiger partial charge in [-0.15, -0.1) is 0 Å². The van der Waals surface area contributed by atoms with Gasteiger partial charge in [0, 0.05) is 49.6 Å². The molecule has 2 N–H and O–H groups in total. The largest absolute Gasteiger partial charge is 0.352 e. The number of imide groups is 1. The molecule has 0 unspecified atom stereocenters. The molecule has 3 aromatic heterocycles. The number of anilines is 3. The third-order valence-electron chi connectivity index (χ3n) is 6.29. The number of hydrogen-bond donors (Lipinski definition) is 2. The minimum absolute atomic E-state index is 0.0431. The van der Waals surface area contributed by atoms with Crippen LogP contribution in [0.4, 0.5) is 17.7 Å². The summed E-state index contributed by atoms with van der Waals surface area (Å²) < 4.78 is 1.65. The average Bonchev–Trinajstić information content (AvgIpc) is 3.51. The van der Waals surface area contributed by atoms with Gasteiger partial charge in [-0.3, -0.25) is 14.9 Å². The van der Waals surface area contributed by atoms with Crippen molar-refractivity contribution in [3.63, 3.8) is 0 Å². The molecule has 0 radical (unpaired) electrons. The molecule has 0 bridgehead atoms. The van der Waals surface area contributed by atoms with E-state index in [-0.39, 0.29) is 18.2 Å². The Morgan fingerprint density at radius 2 is 1.94 bits per heavy atom. The summed E-state index contributed by atoms with van der Waals surface area (Å²) in [5.74, 6) is 1.16. The Hall–Kier alpha value is -4.53. The van der Waals surface area contributed by atoms with Crippen molar-refractivity contribution in [2.45, 2.75) is 25.3 Å². The van der Waals surface area contributed by atoms with Crippen LogP contribution in [-0.4, -0.2) is 68.6 Å². The van der Waals surface area contributed by atoms with Gasteiger partial charge in [0.2, 0.25) is 17.8 Å². The van der Waals surface area contributed by atoms with Crippen molar-refractivity contribution in [2.24, 2.45) is 0 Å². The fraction of sp³-hybridized carbons (Fsp3) is 0.348. The summed E-state index contributed by atoms with van der Waals surface area (Å²) in [6, 6.07) is 6.10. The van der Waals surface area contributed by atoms with Crippen LogP contribution in [0.15, 0.2) is 30.1 Å². The van der Waals surface area contributed by atoms with Gasteiger partial charge < -0.3 is 15.1 Å². The number of nitriles is 1. The Balaban J connectivity index is 1.31. The summed E-state index contributed by atoms with van der Waals surface area (Å²) in [6.07, 6.45) is 7.20. The topological polar surface area (TPSA) is 144 Å². The van der Waals surface area contributed by atoms with Crippen LogP contribution in [0, 0.1) is 11.3 Å². The van der Waals surface area contributed by atoms with E-state index < -0.39 is 0 Å². The first kappa shape index (κ1) is 21.0. The number of carbonyl (C=O) groups is 2. The standard InChI is InChI=1S/C23H22N10O2/c24-12-14-2-1-5-25-19(14)31-6-8-32(9-7-31)22-29-20-16(10-15-11-18(34)28-21(15)35)13-26-33(20)23(30-22)27-17-3-4-17/h1-2,5,10,13,17H,3-4,6-9,11H2,(H,27,29,30)(H,28,34,35)/b15-10+. The van der Waals surface area contributed by atoms with E-state index in [1.165, 1.54) is 0 Å². The zero-order valence-corrected chi connectivity index (χ0v) is 18.8. The van der Waals surface area contributed by atoms with Crippen LogP contribution >= 0.6 is 0 Å². The van der Waals surface area contributed by atoms with Gasteiger partial charge in [0.15, 0.2) is 5.65 Å². The molecule has 2 aliphatic heterocycles. The van der Waals surface area contributed by atoms with Gasteiger partial charge in [-0.25, -0.2) is 4.98 Å². The van der Waals surface area contributed by atoms with Crippen LogP contribution in [0.25, 0.3) is 11.7 Å². The highest BCUT2D eigenvalue weighted by atomic mass is 16.2. The predicted octanol–water partition coefficient (Wildman–Crippen LogP) is 0.722. The lowest BCUT2D eigenvalue weighted by Crippen LogP contribution is -2.47. The quantitative estimate of drug-likeness (QED) is 0.404. The molecule has 0 atom stereocenters. The van der Waals surface area contributed by atoms with Gasteiger partial charge in [0.25, 0.3) is 5.91 Å². The summed E-state index contributed by atoms with van der Waals surface area (Å²) in [6.45, 7) is 2.65. The first-order valence-corrected chi connectivity index (χ1v) is 11.5.